The molecular formula is C24H28N6O2. The Morgan fingerprint density at radius 2 is 1.94 bits per heavy atom. The quantitative estimate of drug-likeness (QED) is 0.562. The van der Waals surface area contributed by atoms with Gasteiger partial charge in [-0.1, -0.05) is 44.2 Å². The molecule has 32 heavy (non-hydrogen) atoms. The summed E-state index contributed by atoms with van der Waals surface area (Å²) in [6.07, 6.45) is 6.16. The summed E-state index contributed by atoms with van der Waals surface area (Å²) < 4.78 is 6.32. The molecule has 0 saturated carbocycles. The van der Waals surface area contributed by atoms with Crippen LogP contribution >= 0.6 is 0 Å². The van der Waals surface area contributed by atoms with E-state index in [0.717, 1.165) is 17.5 Å². The van der Waals surface area contributed by atoms with Crippen molar-refractivity contribution in [1.29, 1.82) is 0 Å². The molecular weight excluding hydrogens is 404 g/mol. The van der Waals surface area contributed by atoms with E-state index in [2.05, 4.69) is 34.1 Å². The van der Waals surface area contributed by atoms with Gasteiger partial charge in [-0.25, -0.2) is 9.97 Å². The van der Waals surface area contributed by atoms with Crippen molar-refractivity contribution in [2.45, 2.75) is 44.9 Å². The van der Waals surface area contributed by atoms with E-state index in [1.807, 2.05) is 36.4 Å². The van der Waals surface area contributed by atoms with Gasteiger partial charge in [0, 0.05) is 23.4 Å². The first-order valence-corrected chi connectivity index (χ1v) is 10.8. The van der Waals surface area contributed by atoms with Gasteiger partial charge in [0.15, 0.2) is 11.5 Å². The van der Waals surface area contributed by atoms with Gasteiger partial charge in [0.1, 0.15) is 0 Å². The number of hydrogen-bond donors (Lipinski definition) is 3. The first-order chi connectivity index (χ1) is 15.4. The van der Waals surface area contributed by atoms with Gasteiger partial charge in [-0.3, -0.25) is 9.78 Å². The van der Waals surface area contributed by atoms with Crippen molar-refractivity contribution in [3.05, 3.63) is 66.2 Å². The number of pyridine rings is 1. The molecule has 1 saturated heterocycles. The minimum Gasteiger partial charge on any atom is -0.382 e. The van der Waals surface area contributed by atoms with E-state index < -0.39 is 5.91 Å². The summed E-state index contributed by atoms with van der Waals surface area (Å²) in [5, 5.41) is 2.90. The maximum absolute atomic E-state index is 13.1. The number of carbonyl (C=O) groups excluding carboxylic acids is 1. The van der Waals surface area contributed by atoms with E-state index >= 15 is 0 Å². The topological polar surface area (TPSA) is 129 Å². The average Bonchev–Trinajstić information content (AvgIpc) is 2.80. The molecule has 1 fully saturated rings. The van der Waals surface area contributed by atoms with Gasteiger partial charge in [-0.2, -0.15) is 0 Å². The third-order valence-corrected chi connectivity index (χ3v) is 5.67. The first kappa shape index (κ1) is 21.9. The molecule has 3 unspecified atom stereocenters. The van der Waals surface area contributed by atoms with Crippen molar-refractivity contribution in [3.8, 4) is 11.3 Å². The highest BCUT2D eigenvalue weighted by atomic mass is 16.5. The van der Waals surface area contributed by atoms with E-state index in [1.54, 1.807) is 18.6 Å². The minimum absolute atomic E-state index is 0.0296. The second kappa shape index (κ2) is 9.42. The predicted octanol–water partition coefficient (Wildman–Crippen LogP) is 3.58. The van der Waals surface area contributed by atoms with Crippen molar-refractivity contribution in [3.63, 3.8) is 0 Å². The first-order valence-electron chi connectivity index (χ1n) is 10.8. The van der Waals surface area contributed by atoms with Gasteiger partial charge in [-0.05, 0) is 24.8 Å². The van der Waals surface area contributed by atoms with Crippen LogP contribution in [0, 0.1) is 5.92 Å². The predicted molar refractivity (Wildman–Crippen MR) is 124 cm³/mol. The molecule has 0 bridgehead atoms. The van der Waals surface area contributed by atoms with Crippen molar-refractivity contribution in [1.82, 2.24) is 15.0 Å². The molecule has 0 aliphatic carbocycles. The van der Waals surface area contributed by atoms with Gasteiger partial charge in [0.2, 0.25) is 0 Å². The second-order valence-corrected chi connectivity index (χ2v) is 8.41. The third-order valence-electron chi connectivity index (χ3n) is 5.67. The third kappa shape index (κ3) is 4.76. The maximum atomic E-state index is 13.1. The van der Waals surface area contributed by atoms with Crippen LogP contribution in [0.25, 0.3) is 11.3 Å². The van der Waals surface area contributed by atoms with Crippen molar-refractivity contribution in [2.24, 2.45) is 11.7 Å². The van der Waals surface area contributed by atoms with Crippen molar-refractivity contribution >= 4 is 17.4 Å². The molecule has 1 aliphatic rings. The van der Waals surface area contributed by atoms with E-state index in [9.17, 15) is 4.79 Å². The molecule has 166 valence electrons. The van der Waals surface area contributed by atoms with Crippen LogP contribution in [-0.4, -0.2) is 33.0 Å². The molecule has 3 aromatic rings. The summed E-state index contributed by atoms with van der Waals surface area (Å²) in [6.45, 7) is 4.24. The smallest absolute Gasteiger partial charge is 0.278 e. The Kier molecular flexibility index (Phi) is 6.43. The average molecular weight is 433 g/mol. The zero-order valence-corrected chi connectivity index (χ0v) is 18.2. The van der Waals surface area contributed by atoms with E-state index in [-0.39, 0.29) is 29.8 Å². The van der Waals surface area contributed by atoms with E-state index in [1.165, 1.54) is 0 Å². The Morgan fingerprint density at radius 1 is 1.16 bits per heavy atom. The Labute approximate surface area is 187 Å². The largest absolute Gasteiger partial charge is 0.382 e. The molecule has 0 spiro atoms. The van der Waals surface area contributed by atoms with Gasteiger partial charge < -0.3 is 21.5 Å². The molecule has 3 heterocycles. The SMILES string of the molecule is CC(C)C1CC(N)CC(c2ccncc2NC(=O)c2nc(-c3ccccc3)cnc2N)O1. The standard InChI is InChI=1S/C24H28N6O2/c1-14(2)20-10-16(25)11-21(32-20)17-8-9-27-12-19(17)30-24(31)22-23(26)28-13-18(29-22)15-6-4-3-5-7-15/h3-9,12-14,16,20-21H,10-11,25H2,1-2H3,(H2,26,28)(H,30,31). The number of nitrogens with zero attached hydrogens (tertiary/aromatic N) is 3. The lowest BCUT2D eigenvalue weighted by Crippen LogP contribution is -2.39. The van der Waals surface area contributed by atoms with Crippen LogP contribution in [0.1, 0.15) is 48.8 Å². The highest BCUT2D eigenvalue weighted by Gasteiger charge is 2.32. The van der Waals surface area contributed by atoms with Crippen molar-refractivity contribution in [2.75, 3.05) is 11.1 Å². The monoisotopic (exact) mass is 432 g/mol. The lowest BCUT2D eigenvalue weighted by molar-refractivity contribution is -0.0787. The molecule has 8 nitrogen and oxygen atoms in total. The van der Waals surface area contributed by atoms with Crippen LogP contribution in [0.4, 0.5) is 11.5 Å². The van der Waals surface area contributed by atoms with Crippen LogP contribution < -0.4 is 16.8 Å². The van der Waals surface area contributed by atoms with Gasteiger partial charge >= 0.3 is 0 Å². The number of rotatable bonds is 5. The maximum Gasteiger partial charge on any atom is 0.278 e. The number of nitrogen functional groups attached to an aromatic ring is 1. The number of carbonyl (C=O) groups is 1. The molecule has 0 radical (unpaired) electrons. The molecule has 4 rings (SSSR count). The Balaban J connectivity index is 1.60. The number of nitrogens with two attached hydrogens (primary N) is 2. The molecule has 5 N–H and O–H groups in total. The molecule has 2 aromatic heterocycles. The highest BCUT2D eigenvalue weighted by Crippen LogP contribution is 2.36. The Bertz CT molecular complexity index is 1090. The van der Waals surface area contributed by atoms with E-state index in [0.29, 0.717) is 23.7 Å². The van der Waals surface area contributed by atoms with Crippen LogP contribution in [0.15, 0.2) is 55.0 Å². The zero-order valence-electron chi connectivity index (χ0n) is 18.2. The van der Waals surface area contributed by atoms with Gasteiger partial charge in [0.05, 0.1) is 36.0 Å². The minimum atomic E-state index is -0.456. The van der Waals surface area contributed by atoms with Crippen LogP contribution in [0.3, 0.4) is 0 Å². The normalized spacial score (nSPS) is 20.8. The number of anilines is 2. The lowest BCUT2D eigenvalue weighted by atomic mass is 9.90. The molecule has 8 heteroatoms. The lowest BCUT2D eigenvalue weighted by Gasteiger charge is -2.36. The zero-order chi connectivity index (χ0) is 22.7. The number of ether oxygens (including phenoxy) is 1. The Morgan fingerprint density at radius 3 is 2.69 bits per heavy atom. The summed E-state index contributed by atoms with van der Waals surface area (Å²) in [6, 6.07) is 11.4. The number of benzene rings is 1. The molecule has 1 aliphatic heterocycles. The summed E-state index contributed by atoms with van der Waals surface area (Å²) in [4.78, 5) is 25.9. The fourth-order valence-electron chi connectivity index (χ4n) is 3.91. The fourth-order valence-corrected chi connectivity index (χ4v) is 3.91. The summed E-state index contributed by atoms with van der Waals surface area (Å²) >= 11 is 0. The molecule has 1 aromatic carbocycles. The number of nitrogens with one attached hydrogen (secondary N) is 1. The number of amides is 1. The summed E-state index contributed by atoms with van der Waals surface area (Å²) in [7, 11) is 0. The van der Waals surface area contributed by atoms with Gasteiger partial charge in [0.25, 0.3) is 5.91 Å². The van der Waals surface area contributed by atoms with Crippen LogP contribution in [-0.2, 0) is 4.74 Å². The Hall–Kier alpha value is -3.36. The fraction of sp³-hybridized carbons (Fsp3) is 0.333. The second-order valence-electron chi connectivity index (χ2n) is 8.41. The molecule has 1 amide bonds. The van der Waals surface area contributed by atoms with Crippen LogP contribution in [0.2, 0.25) is 0 Å². The van der Waals surface area contributed by atoms with Gasteiger partial charge in [-0.15, -0.1) is 0 Å². The highest BCUT2D eigenvalue weighted by molar-refractivity contribution is 6.06. The summed E-state index contributed by atoms with van der Waals surface area (Å²) in [5.41, 5.74) is 15.1. The number of aromatic nitrogens is 3. The van der Waals surface area contributed by atoms with Crippen LogP contribution in [0.5, 0.6) is 0 Å². The molecule has 3 atom stereocenters. The van der Waals surface area contributed by atoms with Crippen molar-refractivity contribution < 1.29 is 9.53 Å². The summed E-state index contributed by atoms with van der Waals surface area (Å²) in [5.74, 6) is -0.0505. The van der Waals surface area contributed by atoms with E-state index in [4.69, 9.17) is 16.2 Å². The number of hydrogen-bond acceptors (Lipinski definition) is 7.